The van der Waals surface area contributed by atoms with E-state index < -0.39 is 11.5 Å². The van der Waals surface area contributed by atoms with Gasteiger partial charge in [-0.1, -0.05) is 23.2 Å². The van der Waals surface area contributed by atoms with Gasteiger partial charge in [-0.15, -0.1) is 5.10 Å². The van der Waals surface area contributed by atoms with Crippen LogP contribution in [0.25, 0.3) is 0 Å². The number of hydrogen-bond donors (Lipinski definition) is 4. The Kier molecular flexibility index (Phi) is 3.54. The van der Waals surface area contributed by atoms with Crippen molar-refractivity contribution in [3.8, 4) is 23.1 Å². The molecule has 9 heteroatoms. The summed E-state index contributed by atoms with van der Waals surface area (Å²) < 4.78 is 5.53. The SMILES string of the molecule is Nc1c(O)c(Cl)c(Oc2n[nH]c(=O)c3c2CCC3)c(Cl)c1O. The van der Waals surface area contributed by atoms with Crippen molar-refractivity contribution in [2.24, 2.45) is 0 Å². The van der Waals surface area contributed by atoms with E-state index in [2.05, 4.69) is 10.2 Å². The van der Waals surface area contributed by atoms with Crippen LogP contribution in [0.3, 0.4) is 0 Å². The van der Waals surface area contributed by atoms with Gasteiger partial charge in [0.05, 0.1) is 0 Å². The largest absolute Gasteiger partial charge is 0.504 e. The predicted molar refractivity (Wildman–Crippen MR) is 81.2 cm³/mol. The molecule has 0 unspecified atom stereocenters. The van der Waals surface area contributed by atoms with Crippen molar-refractivity contribution in [3.63, 3.8) is 0 Å². The van der Waals surface area contributed by atoms with Gasteiger partial charge in [0.2, 0.25) is 5.88 Å². The van der Waals surface area contributed by atoms with Gasteiger partial charge >= 0.3 is 0 Å². The minimum Gasteiger partial charge on any atom is -0.504 e. The second-order valence-electron chi connectivity index (χ2n) is 4.84. The normalized spacial score (nSPS) is 13.2. The van der Waals surface area contributed by atoms with E-state index >= 15 is 0 Å². The number of fused-ring (bicyclic) bond motifs is 1. The number of benzene rings is 1. The van der Waals surface area contributed by atoms with Crippen molar-refractivity contribution in [1.82, 2.24) is 10.2 Å². The average Bonchev–Trinajstić information content (AvgIpc) is 3.00. The number of aromatic nitrogens is 2. The Labute approximate surface area is 134 Å². The van der Waals surface area contributed by atoms with E-state index in [0.717, 1.165) is 6.42 Å². The van der Waals surface area contributed by atoms with Crippen molar-refractivity contribution in [1.29, 1.82) is 0 Å². The zero-order valence-electron chi connectivity index (χ0n) is 11.1. The van der Waals surface area contributed by atoms with Crippen molar-refractivity contribution < 1.29 is 14.9 Å². The standard InChI is InChI=1S/C13H11Cl2N3O4/c14-6-9(19)8(16)10(20)7(15)11(6)22-13-5-3-1-2-4(5)12(21)17-18-13/h19-20H,1-3,16H2,(H,17,21). The second-order valence-corrected chi connectivity index (χ2v) is 5.59. The molecule has 0 saturated heterocycles. The van der Waals surface area contributed by atoms with Crippen LogP contribution in [-0.2, 0) is 12.8 Å². The van der Waals surface area contributed by atoms with Crippen LogP contribution in [0.5, 0.6) is 23.1 Å². The Morgan fingerprint density at radius 1 is 1.14 bits per heavy atom. The summed E-state index contributed by atoms with van der Waals surface area (Å²) in [7, 11) is 0. The van der Waals surface area contributed by atoms with Gasteiger partial charge in [-0.2, -0.15) is 0 Å². The molecule has 0 spiro atoms. The summed E-state index contributed by atoms with van der Waals surface area (Å²) in [6.07, 6.45) is 2.06. The lowest BCUT2D eigenvalue weighted by atomic mass is 10.2. The summed E-state index contributed by atoms with van der Waals surface area (Å²) in [4.78, 5) is 11.7. The summed E-state index contributed by atoms with van der Waals surface area (Å²) >= 11 is 11.9. The maximum atomic E-state index is 11.7. The highest BCUT2D eigenvalue weighted by atomic mass is 35.5. The van der Waals surface area contributed by atoms with E-state index in [1.165, 1.54) is 0 Å². The van der Waals surface area contributed by atoms with Crippen LogP contribution in [-0.4, -0.2) is 20.4 Å². The molecule has 0 saturated carbocycles. The lowest BCUT2D eigenvalue weighted by molar-refractivity contribution is 0.423. The van der Waals surface area contributed by atoms with E-state index in [0.29, 0.717) is 24.0 Å². The van der Waals surface area contributed by atoms with Crippen LogP contribution in [0.2, 0.25) is 10.0 Å². The summed E-state index contributed by atoms with van der Waals surface area (Å²) in [5, 5.41) is 25.2. The Bertz CT molecular complexity index is 806. The number of phenols is 2. The third-order valence-electron chi connectivity index (χ3n) is 3.53. The van der Waals surface area contributed by atoms with Gasteiger partial charge in [0.25, 0.3) is 5.56 Å². The molecular formula is C13H11Cl2N3O4. The molecule has 1 aromatic heterocycles. The van der Waals surface area contributed by atoms with Crippen LogP contribution in [0, 0.1) is 0 Å². The molecule has 1 aromatic carbocycles. The van der Waals surface area contributed by atoms with Gasteiger partial charge in [0.15, 0.2) is 17.2 Å². The van der Waals surface area contributed by atoms with Gasteiger partial charge < -0.3 is 20.7 Å². The first kappa shape index (κ1) is 14.8. The van der Waals surface area contributed by atoms with E-state index in [4.69, 9.17) is 33.7 Å². The van der Waals surface area contributed by atoms with E-state index in [1.54, 1.807) is 0 Å². The van der Waals surface area contributed by atoms with Gasteiger partial charge in [-0.25, -0.2) is 5.10 Å². The fourth-order valence-electron chi connectivity index (χ4n) is 2.40. The van der Waals surface area contributed by atoms with Crippen molar-refractivity contribution in [2.45, 2.75) is 19.3 Å². The number of nitrogens with zero attached hydrogens (tertiary/aromatic N) is 1. The molecule has 0 radical (unpaired) electrons. The number of nitrogens with two attached hydrogens (primary N) is 1. The number of hydrogen-bond acceptors (Lipinski definition) is 6. The summed E-state index contributed by atoms with van der Waals surface area (Å²) in [5.41, 5.74) is 6.12. The van der Waals surface area contributed by atoms with E-state index in [9.17, 15) is 15.0 Å². The molecule has 0 amide bonds. The Balaban J connectivity index is 2.13. The number of anilines is 1. The minimum absolute atomic E-state index is 0.125. The number of nitrogens with one attached hydrogen (secondary N) is 1. The lowest BCUT2D eigenvalue weighted by Crippen LogP contribution is -2.15. The number of halogens is 2. The summed E-state index contributed by atoms with van der Waals surface area (Å²) in [6.45, 7) is 0. The molecule has 2 aromatic rings. The monoisotopic (exact) mass is 343 g/mol. The zero-order valence-corrected chi connectivity index (χ0v) is 12.6. The number of H-pyrrole nitrogens is 1. The molecule has 5 N–H and O–H groups in total. The molecule has 0 aliphatic heterocycles. The third kappa shape index (κ3) is 2.13. The molecule has 7 nitrogen and oxygen atoms in total. The minimum atomic E-state index is -0.542. The highest BCUT2D eigenvalue weighted by Crippen LogP contribution is 2.51. The Hall–Kier alpha value is -2.12. The maximum absolute atomic E-state index is 11.7. The first-order valence-corrected chi connectivity index (χ1v) is 7.14. The molecule has 3 rings (SSSR count). The Morgan fingerprint density at radius 3 is 2.36 bits per heavy atom. The highest BCUT2D eigenvalue weighted by Gasteiger charge is 2.26. The number of aromatic amines is 1. The fraction of sp³-hybridized carbons (Fsp3) is 0.231. The van der Waals surface area contributed by atoms with Crippen molar-refractivity contribution >= 4 is 28.9 Å². The van der Waals surface area contributed by atoms with Crippen LogP contribution < -0.4 is 16.0 Å². The van der Waals surface area contributed by atoms with Crippen LogP contribution in [0.4, 0.5) is 5.69 Å². The number of phenolic OH excluding ortho intramolecular Hbond substituents is 2. The molecule has 1 aliphatic carbocycles. The fourth-order valence-corrected chi connectivity index (χ4v) is 2.92. The molecule has 116 valence electrons. The van der Waals surface area contributed by atoms with Gasteiger partial charge in [-0.05, 0) is 19.3 Å². The van der Waals surface area contributed by atoms with Crippen molar-refractivity contribution in [3.05, 3.63) is 31.5 Å². The van der Waals surface area contributed by atoms with Crippen LogP contribution in [0.15, 0.2) is 4.79 Å². The topological polar surface area (TPSA) is 121 Å². The molecule has 0 fully saturated rings. The Morgan fingerprint density at radius 2 is 1.73 bits per heavy atom. The first-order chi connectivity index (χ1) is 10.4. The van der Waals surface area contributed by atoms with Crippen LogP contribution in [0.1, 0.15) is 17.5 Å². The second kappa shape index (κ2) is 5.26. The van der Waals surface area contributed by atoms with Crippen molar-refractivity contribution in [2.75, 3.05) is 5.73 Å². The number of rotatable bonds is 2. The third-order valence-corrected chi connectivity index (χ3v) is 4.23. The molecule has 1 aliphatic rings. The van der Waals surface area contributed by atoms with E-state index in [-0.39, 0.29) is 32.9 Å². The number of nitrogen functional groups attached to an aromatic ring is 1. The van der Waals surface area contributed by atoms with E-state index in [1.807, 2.05) is 0 Å². The predicted octanol–water partition coefficient (Wildman–Crippen LogP) is 2.35. The zero-order chi connectivity index (χ0) is 16.0. The number of aromatic hydroxyl groups is 2. The lowest BCUT2D eigenvalue weighted by Gasteiger charge is -2.14. The molecule has 22 heavy (non-hydrogen) atoms. The molecule has 0 bridgehead atoms. The quantitative estimate of drug-likeness (QED) is 0.490. The summed E-state index contributed by atoms with van der Waals surface area (Å²) in [6, 6.07) is 0. The van der Waals surface area contributed by atoms with Gasteiger partial charge in [0, 0.05) is 11.1 Å². The highest BCUT2D eigenvalue weighted by molar-refractivity contribution is 6.39. The molecule has 1 heterocycles. The van der Waals surface area contributed by atoms with Gasteiger partial charge in [-0.3, -0.25) is 4.79 Å². The first-order valence-electron chi connectivity index (χ1n) is 6.38. The van der Waals surface area contributed by atoms with Gasteiger partial charge in [0.1, 0.15) is 15.7 Å². The molecule has 0 atom stereocenters. The van der Waals surface area contributed by atoms with Crippen LogP contribution >= 0.6 is 23.2 Å². The smallest absolute Gasteiger partial charge is 0.267 e. The molecular weight excluding hydrogens is 333 g/mol. The summed E-state index contributed by atoms with van der Waals surface area (Å²) in [5.74, 6) is -1.14. The number of ether oxygens (including phenoxy) is 1. The maximum Gasteiger partial charge on any atom is 0.267 e. The average molecular weight is 344 g/mol.